The van der Waals surface area contributed by atoms with Crippen LogP contribution in [0.3, 0.4) is 0 Å². The van der Waals surface area contributed by atoms with Crippen LogP contribution in [-0.2, 0) is 11.2 Å². The van der Waals surface area contributed by atoms with Gasteiger partial charge in [0.1, 0.15) is 12.4 Å². The Morgan fingerprint density at radius 2 is 2.27 bits per heavy atom. The molecule has 0 radical (unpaired) electrons. The van der Waals surface area contributed by atoms with Gasteiger partial charge in [-0.1, -0.05) is 15.9 Å². The molecule has 1 N–H and O–H groups in total. The molecule has 1 aromatic heterocycles. The van der Waals surface area contributed by atoms with Crippen LogP contribution < -0.4 is 0 Å². The molecule has 0 aliphatic heterocycles. The number of aromatic nitrogens is 2. The van der Waals surface area contributed by atoms with Gasteiger partial charge < -0.3 is 9.72 Å². The van der Waals surface area contributed by atoms with Crippen molar-refractivity contribution in [2.24, 2.45) is 0 Å². The van der Waals surface area contributed by atoms with E-state index in [2.05, 4.69) is 30.6 Å². The molecular formula is C8H10BrF3N2O. The van der Waals surface area contributed by atoms with Crippen LogP contribution in [0.5, 0.6) is 0 Å². The van der Waals surface area contributed by atoms with E-state index in [0.717, 1.165) is 0 Å². The summed E-state index contributed by atoms with van der Waals surface area (Å²) in [6, 6.07) is 0. The summed E-state index contributed by atoms with van der Waals surface area (Å²) in [5.74, 6) is 0.715. The van der Waals surface area contributed by atoms with E-state index in [4.69, 9.17) is 0 Å². The minimum Gasteiger partial charge on any atom is -0.371 e. The minimum absolute atomic E-state index is 0.000208. The number of ether oxygens (including phenoxy) is 1. The van der Waals surface area contributed by atoms with Gasteiger partial charge in [-0.25, -0.2) is 4.98 Å². The molecule has 7 heteroatoms. The molecule has 0 amide bonds. The van der Waals surface area contributed by atoms with Gasteiger partial charge in [-0.15, -0.1) is 0 Å². The number of imidazole rings is 1. The molecule has 0 bridgehead atoms. The number of alkyl halides is 4. The number of hydrogen-bond acceptors (Lipinski definition) is 2. The van der Waals surface area contributed by atoms with E-state index in [0.29, 0.717) is 12.2 Å². The predicted octanol–water partition coefficient (Wildman–Crippen LogP) is 2.29. The van der Waals surface area contributed by atoms with E-state index in [-0.39, 0.29) is 11.4 Å². The Kier molecular flexibility index (Phi) is 4.59. The highest BCUT2D eigenvalue weighted by Crippen LogP contribution is 2.15. The van der Waals surface area contributed by atoms with Crippen molar-refractivity contribution >= 4 is 15.9 Å². The summed E-state index contributed by atoms with van der Waals surface area (Å²) in [5, 5.41) is 0. The standard InChI is InChI=1S/C8H10BrF3N2O/c9-6(3-7-13-1-2-14-7)4-15-5-8(10,11)12/h1-2,6H,3-5H2,(H,13,14). The molecule has 1 atom stereocenters. The number of rotatable bonds is 5. The Hall–Kier alpha value is -0.560. The first-order valence-corrected chi connectivity index (χ1v) is 5.16. The normalized spacial score (nSPS) is 14.1. The molecular weight excluding hydrogens is 277 g/mol. The Morgan fingerprint density at radius 3 is 2.80 bits per heavy atom. The number of nitrogens with zero attached hydrogens (tertiary/aromatic N) is 1. The summed E-state index contributed by atoms with van der Waals surface area (Å²) in [6.07, 6.45) is -0.514. The average Bonchev–Trinajstić information content (AvgIpc) is 2.54. The van der Waals surface area contributed by atoms with Crippen LogP contribution in [-0.4, -0.2) is 34.2 Å². The lowest BCUT2D eigenvalue weighted by atomic mass is 10.3. The van der Waals surface area contributed by atoms with Crippen LogP contribution in [0.2, 0.25) is 0 Å². The smallest absolute Gasteiger partial charge is 0.371 e. The van der Waals surface area contributed by atoms with Gasteiger partial charge in [0.25, 0.3) is 0 Å². The van der Waals surface area contributed by atoms with E-state index in [1.807, 2.05) is 0 Å². The molecule has 0 spiro atoms. The van der Waals surface area contributed by atoms with Gasteiger partial charge in [0, 0.05) is 23.6 Å². The number of halogens is 4. The van der Waals surface area contributed by atoms with E-state index in [9.17, 15) is 13.2 Å². The summed E-state index contributed by atoms with van der Waals surface area (Å²) in [5.41, 5.74) is 0. The van der Waals surface area contributed by atoms with Crippen molar-refractivity contribution in [2.45, 2.75) is 17.4 Å². The van der Waals surface area contributed by atoms with E-state index < -0.39 is 12.8 Å². The Balaban J connectivity index is 2.17. The second-order valence-electron chi connectivity index (χ2n) is 2.97. The maximum atomic E-state index is 11.7. The molecule has 0 aromatic carbocycles. The zero-order valence-electron chi connectivity index (χ0n) is 7.72. The second kappa shape index (κ2) is 5.50. The third-order valence-corrected chi connectivity index (χ3v) is 2.12. The summed E-state index contributed by atoms with van der Waals surface area (Å²) in [4.78, 5) is 6.63. The first kappa shape index (κ1) is 12.5. The van der Waals surface area contributed by atoms with Crippen LogP contribution >= 0.6 is 15.9 Å². The molecule has 1 rings (SSSR count). The summed E-state index contributed by atoms with van der Waals surface area (Å²) < 4.78 is 39.7. The zero-order chi connectivity index (χ0) is 11.3. The zero-order valence-corrected chi connectivity index (χ0v) is 9.31. The first-order chi connectivity index (χ1) is 6.97. The van der Waals surface area contributed by atoms with Gasteiger partial charge in [-0.05, 0) is 0 Å². The molecule has 1 unspecified atom stereocenters. The minimum atomic E-state index is -4.27. The maximum absolute atomic E-state index is 11.7. The first-order valence-electron chi connectivity index (χ1n) is 4.24. The van der Waals surface area contributed by atoms with Gasteiger partial charge in [0.05, 0.1) is 6.61 Å². The summed E-state index contributed by atoms with van der Waals surface area (Å²) in [6.45, 7) is -1.21. The molecule has 0 saturated carbocycles. The highest BCUT2D eigenvalue weighted by Gasteiger charge is 2.27. The van der Waals surface area contributed by atoms with Gasteiger partial charge in [0.2, 0.25) is 0 Å². The number of hydrogen-bond donors (Lipinski definition) is 1. The molecule has 86 valence electrons. The van der Waals surface area contributed by atoms with Crippen molar-refractivity contribution in [3.8, 4) is 0 Å². The van der Waals surface area contributed by atoms with Crippen LogP contribution in [0, 0.1) is 0 Å². The molecule has 0 aliphatic rings. The van der Waals surface area contributed by atoms with Crippen LogP contribution in [0.4, 0.5) is 13.2 Å². The molecule has 1 heterocycles. The SMILES string of the molecule is FC(F)(F)COCC(Br)Cc1ncc[nH]1. The van der Waals surface area contributed by atoms with E-state index >= 15 is 0 Å². The lowest BCUT2D eigenvalue weighted by Gasteiger charge is -2.10. The molecule has 1 aromatic rings. The number of H-pyrrole nitrogens is 1. The molecule has 0 saturated heterocycles. The van der Waals surface area contributed by atoms with Gasteiger partial charge in [-0.3, -0.25) is 0 Å². The van der Waals surface area contributed by atoms with Crippen molar-refractivity contribution in [1.82, 2.24) is 9.97 Å². The van der Waals surface area contributed by atoms with Gasteiger partial charge in [0.15, 0.2) is 0 Å². The van der Waals surface area contributed by atoms with Gasteiger partial charge >= 0.3 is 6.18 Å². The van der Waals surface area contributed by atoms with Crippen molar-refractivity contribution < 1.29 is 17.9 Å². The topological polar surface area (TPSA) is 37.9 Å². The second-order valence-corrected chi connectivity index (χ2v) is 4.26. The number of nitrogens with one attached hydrogen (secondary N) is 1. The fraction of sp³-hybridized carbons (Fsp3) is 0.625. The third-order valence-electron chi connectivity index (χ3n) is 1.53. The highest BCUT2D eigenvalue weighted by atomic mass is 79.9. The highest BCUT2D eigenvalue weighted by molar-refractivity contribution is 9.09. The lowest BCUT2D eigenvalue weighted by molar-refractivity contribution is -0.173. The van der Waals surface area contributed by atoms with Crippen LogP contribution in [0.1, 0.15) is 5.82 Å². The average molecular weight is 287 g/mol. The molecule has 3 nitrogen and oxygen atoms in total. The van der Waals surface area contributed by atoms with Crippen molar-refractivity contribution in [2.75, 3.05) is 13.2 Å². The van der Waals surface area contributed by atoms with Crippen LogP contribution in [0.25, 0.3) is 0 Å². The Bertz CT molecular complexity index is 276. The Labute approximate surface area is 93.2 Å². The monoisotopic (exact) mass is 286 g/mol. The summed E-state index contributed by atoms with van der Waals surface area (Å²) in [7, 11) is 0. The molecule has 0 fully saturated rings. The van der Waals surface area contributed by atoms with E-state index in [1.54, 1.807) is 12.4 Å². The molecule has 15 heavy (non-hydrogen) atoms. The third kappa shape index (κ3) is 5.78. The van der Waals surface area contributed by atoms with Crippen molar-refractivity contribution in [3.05, 3.63) is 18.2 Å². The Morgan fingerprint density at radius 1 is 1.53 bits per heavy atom. The van der Waals surface area contributed by atoms with E-state index in [1.165, 1.54) is 0 Å². The largest absolute Gasteiger partial charge is 0.411 e. The fourth-order valence-corrected chi connectivity index (χ4v) is 1.47. The van der Waals surface area contributed by atoms with Crippen molar-refractivity contribution in [1.29, 1.82) is 0 Å². The lowest BCUT2D eigenvalue weighted by Crippen LogP contribution is -2.21. The fourth-order valence-electron chi connectivity index (χ4n) is 0.981. The maximum Gasteiger partial charge on any atom is 0.411 e. The predicted molar refractivity (Wildman–Crippen MR) is 51.9 cm³/mol. The quantitative estimate of drug-likeness (QED) is 0.844. The van der Waals surface area contributed by atoms with Crippen molar-refractivity contribution in [3.63, 3.8) is 0 Å². The summed E-state index contributed by atoms with van der Waals surface area (Å²) >= 11 is 3.21. The van der Waals surface area contributed by atoms with Crippen LogP contribution in [0.15, 0.2) is 12.4 Å². The number of aromatic amines is 1. The molecule has 0 aliphatic carbocycles. The van der Waals surface area contributed by atoms with Gasteiger partial charge in [-0.2, -0.15) is 13.2 Å².